The van der Waals surface area contributed by atoms with Crippen LogP contribution in [0, 0.1) is 0 Å². The standard InChI is InChI=1S/C11H20N2O3/c1-5-16-7-6-13-9(14)8(2)12-10(15)11(13,3)4/h8H,5-7H2,1-4H3,(H,12,15). The van der Waals surface area contributed by atoms with Gasteiger partial charge in [-0.2, -0.15) is 0 Å². The molecule has 1 saturated heterocycles. The van der Waals surface area contributed by atoms with E-state index in [1.165, 1.54) is 0 Å². The highest BCUT2D eigenvalue weighted by atomic mass is 16.5. The molecule has 0 aromatic carbocycles. The maximum absolute atomic E-state index is 11.9. The molecule has 2 amide bonds. The van der Waals surface area contributed by atoms with Crippen molar-refractivity contribution in [2.75, 3.05) is 19.8 Å². The van der Waals surface area contributed by atoms with Crippen LogP contribution in [0.15, 0.2) is 0 Å². The maximum atomic E-state index is 11.9. The molecule has 1 heterocycles. The van der Waals surface area contributed by atoms with E-state index in [1.54, 1.807) is 25.7 Å². The Hall–Kier alpha value is -1.10. The van der Waals surface area contributed by atoms with E-state index >= 15 is 0 Å². The van der Waals surface area contributed by atoms with Crippen molar-refractivity contribution < 1.29 is 14.3 Å². The normalized spacial score (nSPS) is 24.5. The third kappa shape index (κ3) is 2.35. The van der Waals surface area contributed by atoms with Crippen molar-refractivity contribution in [3.8, 4) is 0 Å². The molecule has 0 bridgehead atoms. The molecule has 1 unspecified atom stereocenters. The van der Waals surface area contributed by atoms with Crippen molar-refractivity contribution in [3.63, 3.8) is 0 Å². The Morgan fingerprint density at radius 2 is 2.06 bits per heavy atom. The Kier molecular flexibility index (Phi) is 3.91. The van der Waals surface area contributed by atoms with Crippen LogP contribution in [0.5, 0.6) is 0 Å². The number of piperazine rings is 1. The van der Waals surface area contributed by atoms with E-state index in [0.717, 1.165) is 0 Å². The summed E-state index contributed by atoms with van der Waals surface area (Å²) in [5, 5.41) is 2.67. The summed E-state index contributed by atoms with van der Waals surface area (Å²) < 4.78 is 5.22. The summed E-state index contributed by atoms with van der Waals surface area (Å²) in [5.41, 5.74) is -0.791. The zero-order chi connectivity index (χ0) is 12.3. The highest BCUT2D eigenvalue weighted by Crippen LogP contribution is 2.20. The summed E-state index contributed by atoms with van der Waals surface area (Å²) in [4.78, 5) is 25.3. The number of carbonyl (C=O) groups is 2. The maximum Gasteiger partial charge on any atom is 0.246 e. The first-order valence-electron chi connectivity index (χ1n) is 5.61. The molecular weight excluding hydrogens is 208 g/mol. The molecule has 5 nitrogen and oxygen atoms in total. The Morgan fingerprint density at radius 1 is 1.44 bits per heavy atom. The average Bonchev–Trinajstić information content (AvgIpc) is 2.21. The Morgan fingerprint density at radius 3 is 2.62 bits per heavy atom. The fourth-order valence-electron chi connectivity index (χ4n) is 1.76. The van der Waals surface area contributed by atoms with Gasteiger partial charge in [-0.3, -0.25) is 9.59 Å². The number of ether oxygens (including phenoxy) is 1. The van der Waals surface area contributed by atoms with E-state index in [9.17, 15) is 9.59 Å². The third-order valence-electron chi connectivity index (χ3n) is 2.88. The fraction of sp³-hybridized carbons (Fsp3) is 0.818. The molecule has 1 aliphatic rings. The smallest absolute Gasteiger partial charge is 0.246 e. The summed E-state index contributed by atoms with van der Waals surface area (Å²) in [6, 6.07) is -0.442. The van der Waals surface area contributed by atoms with E-state index in [2.05, 4.69) is 5.32 Å². The largest absolute Gasteiger partial charge is 0.380 e. The number of hydrogen-bond acceptors (Lipinski definition) is 3. The van der Waals surface area contributed by atoms with Gasteiger partial charge in [0.1, 0.15) is 11.6 Å². The number of nitrogens with zero attached hydrogens (tertiary/aromatic N) is 1. The molecule has 1 rings (SSSR count). The van der Waals surface area contributed by atoms with E-state index in [-0.39, 0.29) is 11.8 Å². The van der Waals surface area contributed by atoms with Gasteiger partial charge >= 0.3 is 0 Å². The fourth-order valence-corrected chi connectivity index (χ4v) is 1.76. The van der Waals surface area contributed by atoms with Gasteiger partial charge in [-0.25, -0.2) is 0 Å². The van der Waals surface area contributed by atoms with Gasteiger partial charge in [-0.1, -0.05) is 0 Å². The van der Waals surface area contributed by atoms with Crippen LogP contribution in [0.3, 0.4) is 0 Å². The van der Waals surface area contributed by atoms with E-state index in [1.807, 2.05) is 6.92 Å². The molecule has 5 heteroatoms. The molecule has 0 aliphatic carbocycles. The number of hydrogen-bond donors (Lipinski definition) is 1. The monoisotopic (exact) mass is 228 g/mol. The molecule has 92 valence electrons. The molecule has 1 aliphatic heterocycles. The Labute approximate surface area is 96.1 Å². The second-order valence-electron chi connectivity index (χ2n) is 4.44. The van der Waals surface area contributed by atoms with Crippen molar-refractivity contribution in [1.29, 1.82) is 0 Å². The topological polar surface area (TPSA) is 58.6 Å². The lowest BCUT2D eigenvalue weighted by Crippen LogP contribution is -2.68. The average molecular weight is 228 g/mol. The van der Waals surface area contributed by atoms with Crippen molar-refractivity contribution in [2.45, 2.75) is 39.3 Å². The van der Waals surface area contributed by atoms with Gasteiger partial charge in [0.05, 0.1) is 6.61 Å². The van der Waals surface area contributed by atoms with Crippen molar-refractivity contribution in [3.05, 3.63) is 0 Å². The Balaban J connectivity index is 2.74. The minimum absolute atomic E-state index is 0.0516. The molecule has 1 atom stereocenters. The minimum atomic E-state index is -0.791. The van der Waals surface area contributed by atoms with Gasteiger partial charge in [0, 0.05) is 13.2 Å². The van der Waals surface area contributed by atoms with Crippen LogP contribution in [-0.2, 0) is 14.3 Å². The lowest BCUT2D eigenvalue weighted by atomic mass is 9.96. The lowest BCUT2D eigenvalue weighted by Gasteiger charge is -2.43. The number of carbonyl (C=O) groups excluding carboxylic acids is 2. The van der Waals surface area contributed by atoms with Gasteiger partial charge in [0.2, 0.25) is 11.8 Å². The van der Waals surface area contributed by atoms with Gasteiger partial charge in [-0.15, -0.1) is 0 Å². The highest BCUT2D eigenvalue weighted by Gasteiger charge is 2.44. The predicted octanol–water partition coefficient (Wildman–Crippen LogP) is 0.148. The third-order valence-corrected chi connectivity index (χ3v) is 2.88. The summed E-state index contributed by atoms with van der Waals surface area (Å²) in [7, 11) is 0. The summed E-state index contributed by atoms with van der Waals surface area (Å²) in [6.07, 6.45) is 0. The first-order valence-corrected chi connectivity index (χ1v) is 5.61. The van der Waals surface area contributed by atoms with Crippen LogP contribution in [0.25, 0.3) is 0 Å². The Bertz CT molecular complexity index is 289. The second-order valence-corrected chi connectivity index (χ2v) is 4.44. The molecular formula is C11H20N2O3. The van der Waals surface area contributed by atoms with Crippen LogP contribution in [0.4, 0.5) is 0 Å². The van der Waals surface area contributed by atoms with Crippen LogP contribution < -0.4 is 5.32 Å². The first-order chi connectivity index (χ1) is 7.41. The van der Waals surface area contributed by atoms with Gasteiger partial charge in [0.15, 0.2) is 0 Å². The molecule has 1 fully saturated rings. The summed E-state index contributed by atoms with van der Waals surface area (Å²) in [6.45, 7) is 8.63. The number of nitrogens with one attached hydrogen (secondary N) is 1. The van der Waals surface area contributed by atoms with E-state index in [4.69, 9.17) is 4.74 Å². The van der Waals surface area contributed by atoms with Crippen molar-refractivity contribution in [1.82, 2.24) is 10.2 Å². The van der Waals surface area contributed by atoms with Gasteiger partial charge in [-0.05, 0) is 27.7 Å². The molecule has 1 N–H and O–H groups in total. The van der Waals surface area contributed by atoms with Crippen LogP contribution in [0.2, 0.25) is 0 Å². The SMILES string of the molecule is CCOCCN1C(=O)C(C)NC(=O)C1(C)C. The van der Waals surface area contributed by atoms with Crippen LogP contribution in [0.1, 0.15) is 27.7 Å². The van der Waals surface area contributed by atoms with Crippen molar-refractivity contribution in [2.24, 2.45) is 0 Å². The molecule has 0 spiro atoms. The minimum Gasteiger partial charge on any atom is -0.380 e. The second kappa shape index (κ2) is 4.82. The zero-order valence-corrected chi connectivity index (χ0v) is 10.4. The quantitative estimate of drug-likeness (QED) is 0.697. The molecule has 0 radical (unpaired) electrons. The van der Waals surface area contributed by atoms with Gasteiger partial charge < -0.3 is 15.0 Å². The van der Waals surface area contributed by atoms with Crippen molar-refractivity contribution >= 4 is 11.8 Å². The molecule has 0 aromatic rings. The summed E-state index contributed by atoms with van der Waals surface area (Å²) >= 11 is 0. The molecule has 0 aromatic heterocycles. The molecule has 16 heavy (non-hydrogen) atoms. The lowest BCUT2D eigenvalue weighted by molar-refractivity contribution is -0.155. The van der Waals surface area contributed by atoms with E-state index < -0.39 is 11.6 Å². The highest BCUT2D eigenvalue weighted by molar-refractivity contribution is 5.99. The first kappa shape index (κ1) is 13.0. The van der Waals surface area contributed by atoms with Gasteiger partial charge in [0.25, 0.3) is 0 Å². The summed E-state index contributed by atoms with van der Waals surface area (Å²) in [5.74, 6) is -0.166. The predicted molar refractivity (Wildman–Crippen MR) is 59.9 cm³/mol. The molecule has 0 saturated carbocycles. The number of rotatable bonds is 4. The zero-order valence-electron chi connectivity index (χ0n) is 10.4. The van der Waals surface area contributed by atoms with Crippen LogP contribution >= 0.6 is 0 Å². The van der Waals surface area contributed by atoms with E-state index in [0.29, 0.717) is 19.8 Å². The van der Waals surface area contributed by atoms with Crippen LogP contribution in [-0.4, -0.2) is 48.1 Å². The number of amides is 2.